The van der Waals surface area contributed by atoms with Crippen LogP contribution in [0.2, 0.25) is 0 Å². The Bertz CT molecular complexity index is 529. The molecule has 0 unspecified atom stereocenters. The zero-order valence-corrected chi connectivity index (χ0v) is 16.5. The summed E-state index contributed by atoms with van der Waals surface area (Å²) >= 11 is 0. The summed E-state index contributed by atoms with van der Waals surface area (Å²) in [5.74, 6) is 0.310. The normalized spacial score (nSPS) is 15.1. The molecule has 3 heteroatoms. The first kappa shape index (κ1) is 21.8. The molecule has 0 aliphatic heterocycles. The van der Waals surface area contributed by atoms with Crippen molar-refractivity contribution in [2.24, 2.45) is 11.1 Å². The average Bonchev–Trinajstić information content (AvgIpc) is 3.38. The van der Waals surface area contributed by atoms with Gasteiger partial charge in [-0.15, -0.1) is 12.4 Å². The maximum Gasteiger partial charge on any atom is 0.101 e. The summed E-state index contributed by atoms with van der Waals surface area (Å²) in [6, 6.07) is 8.86. The summed E-state index contributed by atoms with van der Waals surface area (Å²) in [5.41, 5.74) is 8.18. The summed E-state index contributed by atoms with van der Waals surface area (Å²) < 4.78 is 0. The number of amidine groups is 1. The Balaban J connectivity index is 0.00000312. The van der Waals surface area contributed by atoms with E-state index in [0.717, 1.165) is 12.8 Å². The molecule has 140 valence electrons. The molecule has 1 saturated carbocycles. The van der Waals surface area contributed by atoms with E-state index in [4.69, 9.17) is 11.1 Å². The van der Waals surface area contributed by atoms with E-state index < -0.39 is 0 Å². The lowest BCUT2D eigenvalue weighted by atomic mass is 10.0. The second kappa shape index (κ2) is 11.4. The first-order valence-electron chi connectivity index (χ1n) is 9.79. The topological polar surface area (TPSA) is 49.9 Å². The number of benzene rings is 1. The van der Waals surface area contributed by atoms with Crippen LogP contribution >= 0.6 is 12.4 Å². The van der Waals surface area contributed by atoms with Gasteiger partial charge in [0.2, 0.25) is 0 Å². The van der Waals surface area contributed by atoms with E-state index in [-0.39, 0.29) is 17.8 Å². The van der Waals surface area contributed by atoms with Gasteiger partial charge in [-0.25, -0.2) is 0 Å². The number of aryl methyl sites for hydroxylation is 1. The molecule has 2 rings (SSSR count). The fraction of sp³-hybridized carbons (Fsp3) is 0.591. The predicted octanol–water partition coefficient (Wildman–Crippen LogP) is 6.52. The molecule has 1 fully saturated rings. The van der Waals surface area contributed by atoms with Crippen LogP contribution in [-0.4, -0.2) is 5.84 Å². The van der Waals surface area contributed by atoms with Gasteiger partial charge in [0.1, 0.15) is 5.84 Å². The summed E-state index contributed by atoms with van der Waals surface area (Å²) in [5, 5.41) is 7.64. The van der Waals surface area contributed by atoms with Crippen molar-refractivity contribution in [1.29, 1.82) is 5.41 Å². The van der Waals surface area contributed by atoms with E-state index in [1.165, 1.54) is 68.9 Å². The molecule has 0 spiro atoms. The Labute approximate surface area is 160 Å². The Kier molecular flexibility index (Phi) is 9.89. The molecular weight excluding hydrogens is 328 g/mol. The van der Waals surface area contributed by atoms with Crippen LogP contribution in [0, 0.1) is 10.8 Å². The smallest absolute Gasteiger partial charge is 0.101 e. The molecule has 1 aromatic carbocycles. The lowest BCUT2D eigenvalue weighted by Gasteiger charge is -2.06. The van der Waals surface area contributed by atoms with Crippen LogP contribution in [0.15, 0.2) is 30.3 Å². The molecule has 0 aromatic heterocycles. The predicted molar refractivity (Wildman–Crippen MR) is 113 cm³/mol. The first-order valence-corrected chi connectivity index (χ1v) is 9.79. The molecule has 0 saturated heterocycles. The zero-order valence-electron chi connectivity index (χ0n) is 15.7. The van der Waals surface area contributed by atoms with E-state index in [1.807, 2.05) is 0 Å². The highest BCUT2D eigenvalue weighted by molar-refractivity contribution is 5.89. The van der Waals surface area contributed by atoms with Gasteiger partial charge in [-0.1, -0.05) is 88.3 Å². The highest BCUT2D eigenvalue weighted by atomic mass is 35.5. The van der Waals surface area contributed by atoms with Gasteiger partial charge in [0.15, 0.2) is 0 Å². The number of nitrogens with two attached hydrogens (primary N) is 1. The second-order valence-electron chi connectivity index (χ2n) is 7.37. The Morgan fingerprint density at radius 3 is 2.08 bits per heavy atom. The summed E-state index contributed by atoms with van der Waals surface area (Å²) in [7, 11) is 0. The van der Waals surface area contributed by atoms with Crippen molar-refractivity contribution < 1.29 is 0 Å². The maximum atomic E-state index is 7.64. The Hall–Kier alpha value is -1.28. The summed E-state index contributed by atoms with van der Waals surface area (Å²) in [6.07, 6.45) is 18.5. The molecule has 2 nitrogen and oxygen atoms in total. The standard InChI is InChI=1S/C22H34N2.ClH/c1-2-3-4-5-6-7-8-9-10-19-11-13-20(14-12-19)15-16-22(17-18-22)21(23)24;/h11-16H,2-10,17-18H2,1H3,(H3,23,24);1H. The monoisotopic (exact) mass is 362 g/mol. The molecule has 3 N–H and O–H groups in total. The number of rotatable bonds is 12. The third-order valence-corrected chi connectivity index (χ3v) is 5.22. The van der Waals surface area contributed by atoms with E-state index >= 15 is 0 Å². The fourth-order valence-corrected chi connectivity index (χ4v) is 3.17. The minimum absolute atomic E-state index is 0. The van der Waals surface area contributed by atoms with Crippen molar-refractivity contribution >= 4 is 24.3 Å². The van der Waals surface area contributed by atoms with Crippen LogP contribution in [0.4, 0.5) is 0 Å². The molecule has 0 atom stereocenters. The molecule has 1 aliphatic carbocycles. The molecule has 25 heavy (non-hydrogen) atoms. The SMILES string of the molecule is CCCCCCCCCCc1ccc(C=CC2(C(=N)N)CC2)cc1.Cl. The van der Waals surface area contributed by atoms with E-state index in [2.05, 4.69) is 43.3 Å². The first-order chi connectivity index (χ1) is 11.7. The van der Waals surface area contributed by atoms with E-state index in [0.29, 0.717) is 5.84 Å². The zero-order chi connectivity index (χ0) is 17.3. The van der Waals surface area contributed by atoms with Gasteiger partial charge in [-0.3, -0.25) is 5.41 Å². The van der Waals surface area contributed by atoms with Crippen LogP contribution in [0.25, 0.3) is 6.08 Å². The van der Waals surface area contributed by atoms with Gasteiger partial charge in [-0.05, 0) is 36.8 Å². The Morgan fingerprint density at radius 1 is 1.00 bits per heavy atom. The van der Waals surface area contributed by atoms with Gasteiger partial charge < -0.3 is 5.73 Å². The highest BCUT2D eigenvalue weighted by Gasteiger charge is 2.43. The number of hydrogen-bond acceptors (Lipinski definition) is 1. The molecule has 1 aliphatic rings. The molecule has 0 radical (unpaired) electrons. The van der Waals surface area contributed by atoms with E-state index in [1.54, 1.807) is 0 Å². The highest BCUT2D eigenvalue weighted by Crippen LogP contribution is 2.47. The molecule has 1 aromatic rings. The van der Waals surface area contributed by atoms with Crippen LogP contribution in [0.5, 0.6) is 0 Å². The van der Waals surface area contributed by atoms with Crippen LogP contribution in [0.1, 0.15) is 82.3 Å². The van der Waals surface area contributed by atoms with Crippen molar-refractivity contribution in [3.05, 3.63) is 41.5 Å². The van der Waals surface area contributed by atoms with Crippen LogP contribution in [-0.2, 0) is 6.42 Å². The van der Waals surface area contributed by atoms with Crippen LogP contribution in [0.3, 0.4) is 0 Å². The van der Waals surface area contributed by atoms with Crippen molar-refractivity contribution in [3.63, 3.8) is 0 Å². The van der Waals surface area contributed by atoms with Crippen molar-refractivity contribution in [2.75, 3.05) is 0 Å². The molecule has 0 heterocycles. The number of nitrogens with one attached hydrogen (secondary N) is 1. The van der Waals surface area contributed by atoms with Crippen molar-refractivity contribution in [3.8, 4) is 0 Å². The van der Waals surface area contributed by atoms with Gasteiger partial charge in [-0.2, -0.15) is 0 Å². The lowest BCUT2D eigenvalue weighted by Crippen LogP contribution is -2.21. The fourth-order valence-electron chi connectivity index (χ4n) is 3.17. The third kappa shape index (κ3) is 7.64. The summed E-state index contributed by atoms with van der Waals surface area (Å²) in [4.78, 5) is 0. The Morgan fingerprint density at radius 2 is 1.56 bits per heavy atom. The minimum Gasteiger partial charge on any atom is -0.387 e. The minimum atomic E-state index is -0.129. The number of unbranched alkanes of at least 4 members (excludes halogenated alkanes) is 7. The van der Waals surface area contributed by atoms with Crippen molar-refractivity contribution in [2.45, 2.75) is 77.6 Å². The quantitative estimate of drug-likeness (QED) is 0.248. The maximum absolute atomic E-state index is 7.64. The van der Waals surface area contributed by atoms with Crippen molar-refractivity contribution in [1.82, 2.24) is 0 Å². The van der Waals surface area contributed by atoms with Crippen LogP contribution < -0.4 is 5.73 Å². The third-order valence-electron chi connectivity index (χ3n) is 5.22. The van der Waals surface area contributed by atoms with Gasteiger partial charge in [0.25, 0.3) is 0 Å². The van der Waals surface area contributed by atoms with Gasteiger partial charge >= 0.3 is 0 Å². The van der Waals surface area contributed by atoms with Gasteiger partial charge in [0, 0.05) is 5.41 Å². The molecule has 0 bridgehead atoms. The molecular formula is C22H35ClN2. The number of halogens is 1. The second-order valence-corrected chi connectivity index (χ2v) is 7.37. The average molecular weight is 363 g/mol. The summed E-state index contributed by atoms with van der Waals surface area (Å²) in [6.45, 7) is 2.27. The lowest BCUT2D eigenvalue weighted by molar-refractivity contribution is 0.575. The van der Waals surface area contributed by atoms with Gasteiger partial charge in [0.05, 0.1) is 0 Å². The largest absolute Gasteiger partial charge is 0.387 e. The number of hydrogen-bond donors (Lipinski definition) is 2. The molecule has 0 amide bonds. The van der Waals surface area contributed by atoms with E-state index in [9.17, 15) is 0 Å².